The number of rotatable bonds is 6. The van der Waals surface area contributed by atoms with Crippen molar-refractivity contribution >= 4 is 11.4 Å². The zero-order valence-electron chi connectivity index (χ0n) is 13.8. The predicted molar refractivity (Wildman–Crippen MR) is 87.8 cm³/mol. The van der Waals surface area contributed by atoms with Crippen LogP contribution in [-0.4, -0.2) is 24.9 Å². The number of nitrogens with one attached hydrogen (secondary N) is 1. The van der Waals surface area contributed by atoms with Gasteiger partial charge in [0.2, 0.25) is 0 Å². The summed E-state index contributed by atoms with van der Waals surface area (Å²) in [5.41, 5.74) is 7.82. The maximum atomic E-state index is 5.96. The van der Waals surface area contributed by atoms with Gasteiger partial charge in [-0.05, 0) is 39.3 Å². The van der Waals surface area contributed by atoms with Crippen LogP contribution in [0.5, 0.6) is 5.75 Å². The van der Waals surface area contributed by atoms with E-state index in [1.54, 1.807) is 0 Å². The summed E-state index contributed by atoms with van der Waals surface area (Å²) >= 11 is 0. The molecular weight excluding hydrogens is 264 g/mol. The van der Waals surface area contributed by atoms with Gasteiger partial charge in [0.25, 0.3) is 0 Å². The second-order valence-electron chi connectivity index (χ2n) is 6.62. The molecule has 1 aromatic carbocycles. The number of ether oxygens (including phenoxy) is 2. The first kappa shape index (κ1) is 16.0. The van der Waals surface area contributed by atoms with Gasteiger partial charge in [-0.1, -0.05) is 13.8 Å². The fourth-order valence-corrected chi connectivity index (χ4v) is 2.80. The van der Waals surface area contributed by atoms with Gasteiger partial charge in [0.05, 0.1) is 17.9 Å². The SMILES string of the molecule is CCOC1CC(Nc2ccc(N)c(OC(C)C)c2)C1(C)C. The van der Waals surface area contributed by atoms with Crippen molar-refractivity contribution in [3.63, 3.8) is 0 Å². The smallest absolute Gasteiger partial charge is 0.144 e. The van der Waals surface area contributed by atoms with Gasteiger partial charge in [0.15, 0.2) is 0 Å². The normalized spacial score (nSPS) is 23.7. The molecule has 4 heteroatoms. The standard InChI is InChI=1S/C17H28N2O2/c1-6-20-16-10-15(17(16,4)5)19-12-7-8-13(18)14(9-12)21-11(2)3/h7-9,11,15-16,19H,6,10,18H2,1-5H3. The van der Waals surface area contributed by atoms with E-state index in [2.05, 4.69) is 19.2 Å². The minimum atomic E-state index is 0.116. The Morgan fingerprint density at radius 2 is 2.10 bits per heavy atom. The molecule has 0 spiro atoms. The lowest BCUT2D eigenvalue weighted by Gasteiger charge is -2.52. The molecule has 1 fully saturated rings. The zero-order valence-corrected chi connectivity index (χ0v) is 13.8. The van der Waals surface area contributed by atoms with Crippen LogP contribution in [0.15, 0.2) is 18.2 Å². The van der Waals surface area contributed by atoms with E-state index in [4.69, 9.17) is 15.2 Å². The summed E-state index contributed by atoms with van der Waals surface area (Å²) in [6, 6.07) is 6.29. The van der Waals surface area contributed by atoms with E-state index >= 15 is 0 Å². The molecule has 3 N–H and O–H groups in total. The Bertz CT molecular complexity index is 486. The first-order valence-electron chi connectivity index (χ1n) is 7.79. The molecule has 1 saturated carbocycles. The second kappa shape index (κ2) is 6.14. The third-order valence-electron chi connectivity index (χ3n) is 4.26. The minimum Gasteiger partial charge on any atom is -0.489 e. The molecule has 2 rings (SSSR count). The van der Waals surface area contributed by atoms with Crippen LogP contribution in [-0.2, 0) is 4.74 Å². The molecule has 21 heavy (non-hydrogen) atoms. The van der Waals surface area contributed by atoms with E-state index in [-0.39, 0.29) is 11.5 Å². The molecule has 0 aliphatic heterocycles. The second-order valence-corrected chi connectivity index (χ2v) is 6.62. The third-order valence-corrected chi connectivity index (χ3v) is 4.26. The van der Waals surface area contributed by atoms with E-state index in [0.717, 1.165) is 24.5 Å². The van der Waals surface area contributed by atoms with Gasteiger partial charge in [-0.2, -0.15) is 0 Å². The molecule has 1 aliphatic carbocycles. The minimum absolute atomic E-state index is 0.116. The molecule has 4 nitrogen and oxygen atoms in total. The fourth-order valence-electron chi connectivity index (χ4n) is 2.80. The first-order chi connectivity index (χ1) is 9.84. The maximum absolute atomic E-state index is 5.96. The summed E-state index contributed by atoms with van der Waals surface area (Å²) in [4.78, 5) is 0. The summed E-state index contributed by atoms with van der Waals surface area (Å²) in [6.45, 7) is 11.3. The Labute approximate surface area is 128 Å². The highest BCUT2D eigenvalue weighted by molar-refractivity contribution is 5.62. The van der Waals surface area contributed by atoms with Crippen LogP contribution in [0.2, 0.25) is 0 Å². The molecule has 118 valence electrons. The first-order valence-corrected chi connectivity index (χ1v) is 7.79. The zero-order chi connectivity index (χ0) is 15.6. The van der Waals surface area contributed by atoms with Gasteiger partial charge in [0.1, 0.15) is 5.75 Å². The Balaban J connectivity index is 2.04. The van der Waals surface area contributed by atoms with Gasteiger partial charge < -0.3 is 20.5 Å². The van der Waals surface area contributed by atoms with Crippen molar-refractivity contribution in [1.29, 1.82) is 0 Å². The Morgan fingerprint density at radius 1 is 1.38 bits per heavy atom. The molecule has 2 atom stereocenters. The van der Waals surface area contributed by atoms with E-state index in [9.17, 15) is 0 Å². The van der Waals surface area contributed by atoms with Crippen molar-refractivity contribution < 1.29 is 9.47 Å². The van der Waals surface area contributed by atoms with E-state index in [0.29, 0.717) is 17.8 Å². The summed E-state index contributed by atoms with van der Waals surface area (Å²) in [6.07, 6.45) is 1.48. The van der Waals surface area contributed by atoms with Crippen molar-refractivity contribution in [2.45, 2.75) is 59.3 Å². The molecular formula is C17H28N2O2. The van der Waals surface area contributed by atoms with Gasteiger partial charge in [-0.25, -0.2) is 0 Å². The highest BCUT2D eigenvalue weighted by atomic mass is 16.5. The lowest BCUT2D eigenvalue weighted by Crippen LogP contribution is -2.58. The lowest BCUT2D eigenvalue weighted by molar-refractivity contribution is -0.0975. The number of anilines is 2. The van der Waals surface area contributed by atoms with Crippen LogP contribution in [0.4, 0.5) is 11.4 Å². The summed E-state index contributed by atoms with van der Waals surface area (Å²) in [5, 5.41) is 3.58. The molecule has 1 aliphatic rings. The molecule has 0 saturated heterocycles. The van der Waals surface area contributed by atoms with Crippen molar-refractivity contribution in [1.82, 2.24) is 0 Å². The quantitative estimate of drug-likeness (QED) is 0.785. The highest BCUT2D eigenvalue weighted by Crippen LogP contribution is 2.44. The molecule has 0 radical (unpaired) electrons. The Hall–Kier alpha value is -1.42. The molecule has 2 unspecified atom stereocenters. The van der Waals surface area contributed by atoms with Gasteiger partial charge in [-0.3, -0.25) is 0 Å². The number of nitrogens with two attached hydrogens (primary N) is 1. The molecule has 0 amide bonds. The number of benzene rings is 1. The van der Waals surface area contributed by atoms with E-state index < -0.39 is 0 Å². The number of nitrogen functional groups attached to an aromatic ring is 1. The maximum Gasteiger partial charge on any atom is 0.144 e. The van der Waals surface area contributed by atoms with Crippen LogP contribution in [0.25, 0.3) is 0 Å². The summed E-state index contributed by atoms with van der Waals surface area (Å²) < 4.78 is 11.5. The van der Waals surface area contributed by atoms with Crippen LogP contribution in [0, 0.1) is 5.41 Å². The van der Waals surface area contributed by atoms with Gasteiger partial charge in [-0.15, -0.1) is 0 Å². The molecule has 0 aromatic heterocycles. The van der Waals surface area contributed by atoms with Gasteiger partial charge >= 0.3 is 0 Å². The fraction of sp³-hybridized carbons (Fsp3) is 0.647. The third kappa shape index (κ3) is 3.43. The van der Waals surface area contributed by atoms with Crippen molar-refractivity contribution in [3.8, 4) is 5.75 Å². The van der Waals surface area contributed by atoms with E-state index in [1.807, 2.05) is 39.0 Å². The molecule has 0 heterocycles. The lowest BCUT2D eigenvalue weighted by atomic mass is 9.64. The topological polar surface area (TPSA) is 56.5 Å². The molecule has 0 bridgehead atoms. The van der Waals surface area contributed by atoms with Crippen molar-refractivity contribution in [3.05, 3.63) is 18.2 Å². The summed E-state index contributed by atoms with van der Waals surface area (Å²) in [5.74, 6) is 0.744. The number of hydrogen-bond donors (Lipinski definition) is 2. The number of hydrogen-bond acceptors (Lipinski definition) is 4. The van der Waals surface area contributed by atoms with Crippen LogP contribution in [0.3, 0.4) is 0 Å². The van der Waals surface area contributed by atoms with Crippen molar-refractivity contribution in [2.24, 2.45) is 5.41 Å². The summed E-state index contributed by atoms with van der Waals surface area (Å²) in [7, 11) is 0. The van der Waals surface area contributed by atoms with Gasteiger partial charge in [0, 0.05) is 29.8 Å². The van der Waals surface area contributed by atoms with Crippen LogP contribution < -0.4 is 15.8 Å². The Kier molecular flexibility index (Phi) is 4.67. The molecule has 1 aromatic rings. The van der Waals surface area contributed by atoms with Crippen LogP contribution >= 0.6 is 0 Å². The monoisotopic (exact) mass is 292 g/mol. The van der Waals surface area contributed by atoms with Crippen LogP contribution in [0.1, 0.15) is 41.0 Å². The van der Waals surface area contributed by atoms with Crippen molar-refractivity contribution in [2.75, 3.05) is 17.7 Å². The average Bonchev–Trinajstić information content (AvgIpc) is 2.40. The largest absolute Gasteiger partial charge is 0.489 e. The van der Waals surface area contributed by atoms with E-state index in [1.165, 1.54) is 0 Å². The highest BCUT2D eigenvalue weighted by Gasteiger charge is 2.48. The average molecular weight is 292 g/mol. The predicted octanol–water partition coefficient (Wildman–Crippen LogP) is 3.67. The Morgan fingerprint density at radius 3 is 2.67 bits per heavy atom.